The Morgan fingerprint density at radius 1 is 0.652 bits per heavy atom. The highest BCUT2D eigenvalue weighted by Crippen LogP contribution is 2.41. The van der Waals surface area contributed by atoms with E-state index in [1.54, 1.807) is 16.7 Å². The van der Waals surface area contributed by atoms with Crippen LogP contribution in [-0.4, -0.2) is 106 Å². The molecule has 2 saturated heterocycles. The van der Waals surface area contributed by atoms with Crippen LogP contribution in [0.15, 0.2) is 88.8 Å². The van der Waals surface area contributed by atoms with Gasteiger partial charge in [-0.3, -0.25) is 0 Å². The number of hydrogen-bond acceptors (Lipinski definition) is 11. The van der Waals surface area contributed by atoms with Crippen LogP contribution < -0.4 is 9.80 Å². The minimum atomic E-state index is -4.74. The minimum Gasteiger partial charge on any atom is -0.462 e. The molecule has 0 spiro atoms. The largest absolute Gasteiger partial charge is 0.462 e. The van der Waals surface area contributed by atoms with Crippen molar-refractivity contribution in [3.8, 4) is 0 Å². The summed E-state index contributed by atoms with van der Waals surface area (Å²) in [4.78, 5) is 33.7. The van der Waals surface area contributed by atoms with Crippen molar-refractivity contribution in [2.45, 2.75) is 111 Å². The fourth-order valence-corrected chi connectivity index (χ4v) is 13.2. The zero-order valence-electron chi connectivity index (χ0n) is 37.4. The van der Waals surface area contributed by atoms with E-state index in [4.69, 9.17) is 9.47 Å². The van der Waals surface area contributed by atoms with Crippen molar-refractivity contribution in [2.24, 2.45) is 0 Å². The van der Waals surface area contributed by atoms with E-state index in [0.29, 0.717) is 56.3 Å². The van der Waals surface area contributed by atoms with Gasteiger partial charge in [-0.15, -0.1) is 0 Å². The maximum Gasteiger partial charge on any atom is 0.416 e. The number of ether oxygens (including phenoxy) is 2. The Morgan fingerprint density at radius 2 is 1.14 bits per heavy atom. The molecule has 1 aromatic heterocycles. The Balaban J connectivity index is 0.943. The second-order valence-corrected chi connectivity index (χ2v) is 21.2. The number of hydrogen-bond donors (Lipinski definition) is 0. The molecule has 2 aliphatic heterocycles. The molecule has 8 rings (SSSR count). The summed E-state index contributed by atoms with van der Waals surface area (Å²) in [7, 11) is -8.62. The molecule has 4 fully saturated rings. The number of benzene rings is 3. The molecule has 0 amide bonds. The van der Waals surface area contributed by atoms with Gasteiger partial charge in [0, 0.05) is 74.2 Å². The number of esters is 2. The topological polar surface area (TPSA) is 147 Å². The summed E-state index contributed by atoms with van der Waals surface area (Å²) in [5.41, 5.74) is -1.72. The SMILES string of the molecule is CCOC(=O)c1cc(F)c(CCOC(=O)c2cccnc2N2CCC(N(C3CC3)S(=O)(=O)c3cccc(C(F)(F)F)c3)CC2)c(N2CCC(N(C3CC3)S(=O)(=O)c3cccc(C(F)(F)F)c3)CC2)c1. The van der Waals surface area contributed by atoms with E-state index < -0.39 is 83.2 Å². The highest BCUT2D eigenvalue weighted by Gasteiger charge is 2.46. The van der Waals surface area contributed by atoms with Gasteiger partial charge in [-0.05, 0) is 119 Å². The predicted octanol–water partition coefficient (Wildman–Crippen LogP) is 8.48. The van der Waals surface area contributed by atoms with Crippen LogP contribution in [0.4, 0.5) is 42.2 Å². The summed E-state index contributed by atoms with van der Waals surface area (Å²) in [6, 6.07) is 11.1. The number of pyridine rings is 1. The molecule has 13 nitrogen and oxygen atoms in total. The lowest BCUT2D eigenvalue weighted by Gasteiger charge is -2.39. The second-order valence-electron chi connectivity index (χ2n) is 17.6. The first-order valence-electron chi connectivity index (χ1n) is 22.7. The standard InChI is InChI=1S/C47H50F7N5O8S2/c1-2-66-44(60)30-26-41(48)39(42(27-30)56-21-15-35(16-22-56)58(33-11-12-33)68(62,63)37-8-3-6-31(28-37)46(49,50)51)19-25-67-45(61)40-10-5-20-55-43(40)57-23-17-36(18-24-57)59(34-13-14-34)69(64,65)38-9-4-7-32(29-38)47(52,53)54/h3-10,20,26-29,33-36H,2,11-19,21-25H2,1H3. The van der Waals surface area contributed by atoms with E-state index in [9.17, 15) is 52.8 Å². The number of carbonyl (C=O) groups excluding carboxylic acids is 2. The van der Waals surface area contributed by atoms with Gasteiger partial charge < -0.3 is 19.3 Å². The van der Waals surface area contributed by atoms with Gasteiger partial charge in [0.05, 0.1) is 39.7 Å². The van der Waals surface area contributed by atoms with Gasteiger partial charge in [0.15, 0.2) is 0 Å². The van der Waals surface area contributed by atoms with Crippen LogP contribution in [-0.2, 0) is 48.3 Å². The monoisotopic (exact) mass is 1010 g/mol. The Labute approximate surface area is 395 Å². The van der Waals surface area contributed by atoms with Crippen LogP contribution in [0.1, 0.15) is 95.7 Å². The van der Waals surface area contributed by atoms with Crippen LogP contribution in [0.2, 0.25) is 0 Å². The third-order valence-electron chi connectivity index (χ3n) is 12.9. The number of aromatic nitrogens is 1. The number of alkyl halides is 6. The predicted molar refractivity (Wildman–Crippen MR) is 238 cm³/mol. The molecule has 0 bridgehead atoms. The smallest absolute Gasteiger partial charge is 0.416 e. The summed E-state index contributed by atoms with van der Waals surface area (Å²) in [5.74, 6) is -2.06. The van der Waals surface area contributed by atoms with Gasteiger partial charge in [0.1, 0.15) is 17.2 Å². The van der Waals surface area contributed by atoms with E-state index in [-0.39, 0.29) is 93.2 Å². The number of anilines is 2. The summed E-state index contributed by atoms with van der Waals surface area (Å²) < 4.78 is 166. The molecule has 4 aliphatic rings. The van der Waals surface area contributed by atoms with Crippen molar-refractivity contribution >= 4 is 43.5 Å². The molecule has 2 saturated carbocycles. The van der Waals surface area contributed by atoms with Gasteiger partial charge >= 0.3 is 24.3 Å². The van der Waals surface area contributed by atoms with E-state index in [0.717, 1.165) is 42.5 Å². The van der Waals surface area contributed by atoms with Crippen LogP contribution in [0.25, 0.3) is 0 Å². The Kier molecular flexibility index (Phi) is 14.4. The quantitative estimate of drug-likeness (QED) is 0.0787. The number of piperidine rings is 2. The van der Waals surface area contributed by atoms with Gasteiger partial charge in [-0.25, -0.2) is 35.8 Å². The van der Waals surface area contributed by atoms with E-state index >= 15 is 4.39 Å². The number of sulfonamides is 2. The number of nitrogens with zero attached hydrogens (tertiary/aromatic N) is 5. The van der Waals surface area contributed by atoms with Crippen molar-refractivity contribution in [3.63, 3.8) is 0 Å². The fraction of sp³-hybridized carbons (Fsp3) is 0.468. The molecule has 22 heteroatoms. The number of rotatable bonds is 16. The van der Waals surface area contributed by atoms with Crippen molar-refractivity contribution in [3.05, 3.63) is 113 Å². The normalized spacial score (nSPS) is 17.9. The van der Waals surface area contributed by atoms with Gasteiger partial charge in [-0.1, -0.05) is 12.1 Å². The average molecular weight is 1010 g/mol. The molecular formula is C47H50F7N5O8S2. The lowest BCUT2D eigenvalue weighted by Crippen LogP contribution is -2.48. The van der Waals surface area contributed by atoms with Crippen LogP contribution in [0, 0.1) is 5.82 Å². The van der Waals surface area contributed by atoms with Crippen molar-refractivity contribution in [1.29, 1.82) is 0 Å². The lowest BCUT2D eigenvalue weighted by molar-refractivity contribution is -0.138. The molecule has 3 heterocycles. The molecule has 0 radical (unpaired) electrons. The van der Waals surface area contributed by atoms with Crippen LogP contribution in [0.3, 0.4) is 0 Å². The summed E-state index contributed by atoms with van der Waals surface area (Å²) >= 11 is 0. The second kappa shape index (κ2) is 19.8. The van der Waals surface area contributed by atoms with Gasteiger partial charge in [0.2, 0.25) is 20.0 Å². The first kappa shape index (κ1) is 50.1. The zero-order valence-corrected chi connectivity index (χ0v) is 39.0. The van der Waals surface area contributed by atoms with E-state index in [1.807, 2.05) is 0 Å². The van der Waals surface area contributed by atoms with Crippen molar-refractivity contribution in [2.75, 3.05) is 49.2 Å². The summed E-state index contributed by atoms with van der Waals surface area (Å²) in [6.07, 6.45) is -4.82. The Morgan fingerprint density at radius 3 is 1.62 bits per heavy atom. The molecular weight excluding hydrogens is 960 g/mol. The third kappa shape index (κ3) is 11.0. The molecule has 0 N–H and O–H groups in total. The first-order chi connectivity index (χ1) is 32.7. The maximum atomic E-state index is 16.1. The van der Waals surface area contributed by atoms with Crippen LogP contribution in [0.5, 0.6) is 0 Å². The first-order valence-corrected chi connectivity index (χ1v) is 25.6. The molecule has 69 heavy (non-hydrogen) atoms. The van der Waals surface area contributed by atoms with Crippen molar-refractivity contribution in [1.82, 2.24) is 13.6 Å². The maximum absolute atomic E-state index is 16.1. The average Bonchev–Trinajstić information content (AvgIpc) is 4.27. The molecule has 3 aromatic carbocycles. The Hall–Kier alpha value is -5.32. The van der Waals surface area contributed by atoms with Crippen molar-refractivity contribution < 1.29 is 66.6 Å². The van der Waals surface area contributed by atoms with Gasteiger partial charge in [0.25, 0.3) is 0 Å². The lowest BCUT2D eigenvalue weighted by atomic mass is 9.99. The third-order valence-corrected chi connectivity index (χ3v) is 16.9. The van der Waals surface area contributed by atoms with Crippen LogP contribution >= 0.6 is 0 Å². The minimum absolute atomic E-state index is 0.0225. The zero-order chi connectivity index (χ0) is 49.5. The highest BCUT2D eigenvalue weighted by molar-refractivity contribution is 7.89. The van der Waals surface area contributed by atoms with E-state index in [2.05, 4.69) is 4.98 Å². The fourth-order valence-electron chi connectivity index (χ4n) is 9.26. The molecule has 372 valence electrons. The van der Waals surface area contributed by atoms with Gasteiger partial charge in [-0.2, -0.15) is 35.0 Å². The van der Waals surface area contributed by atoms with E-state index in [1.165, 1.54) is 33.0 Å². The summed E-state index contributed by atoms with van der Waals surface area (Å²) in [6.45, 7) is 2.21. The Bertz CT molecular complexity index is 2770. The number of halogens is 7. The highest BCUT2D eigenvalue weighted by atomic mass is 32.2. The molecule has 4 aromatic rings. The molecule has 2 aliphatic carbocycles. The number of carbonyl (C=O) groups is 2. The summed E-state index contributed by atoms with van der Waals surface area (Å²) in [5, 5.41) is 0. The molecule has 0 atom stereocenters. The molecule has 0 unspecified atom stereocenters.